The van der Waals surface area contributed by atoms with E-state index in [0.29, 0.717) is 5.56 Å². The number of benzene rings is 1. The molecule has 1 unspecified atom stereocenters. The Bertz CT molecular complexity index is 345. The van der Waals surface area contributed by atoms with Crippen molar-refractivity contribution in [2.45, 2.75) is 12.8 Å². The van der Waals surface area contributed by atoms with Gasteiger partial charge in [0.1, 0.15) is 5.92 Å². The highest BCUT2D eigenvalue weighted by molar-refractivity contribution is 5.98. The van der Waals surface area contributed by atoms with Crippen molar-refractivity contribution >= 4 is 11.9 Å². The molecule has 0 spiro atoms. The van der Waals surface area contributed by atoms with Crippen molar-refractivity contribution in [1.29, 1.82) is 0 Å². The van der Waals surface area contributed by atoms with Crippen LogP contribution in [0.4, 0.5) is 0 Å². The average Bonchev–Trinajstić information content (AvgIpc) is 2.19. The fourth-order valence-electron chi connectivity index (χ4n) is 1.24. The average molecular weight is 207 g/mol. The predicted molar refractivity (Wildman–Crippen MR) is 50.8 cm³/mol. The van der Waals surface area contributed by atoms with Crippen molar-refractivity contribution in [3.05, 3.63) is 35.9 Å². The van der Waals surface area contributed by atoms with Crippen molar-refractivity contribution < 1.29 is 19.4 Å². The van der Waals surface area contributed by atoms with E-state index in [-0.39, 0.29) is 6.61 Å². The van der Waals surface area contributed by atoms with Crippen LogP contribution in [0.2, 0.25) is 0 Å². The first kappa shape index (κ1) is 11.2. The van der Waals surface area contributed by atoms with E-state index in [1.807, 2.05) is 0 Å². The monoisotopic (exact) mass is 207 g/mol. The summed E-state index contributed by atoms with van der Waals surface area (Å²) in [5, 5.41) is 10.8. The third kappa shape index (κ3) is 2.80. The molecule has 0 aromatic heterocycles. The summed E-state index contributed by atoms with van der Waals surface area (Å²) in [5.74, 6) is -3.57. The van der Waals surface area contributed by atoms with Crippen molar-refractivity contribution in [3.63, 3.8) is 0 Å². The zero-order valence-corrected chi connectivity index (χ0v) is 8.30. The molecule has 0 aliphatic carbocycles. The molecule has 0 amide bonds. The minimum absolute atomic E-state index is 0.148. The van der Waals surface area contributed by atoms with E-state index in [0.717, 1.165) is 0 Å². The van der Waals surface area contributed by atoms with Gasteiger partial charge in [0.15, 0.2) is 0 Å². The molecule has 0 heterocycles. The molecule has 1 aromatic rings. The first-order valence-corrected chi connectivity index (χ1v) is 4.59. The number of carbonyl (C=O) groups excluding carboxylic acids is 2. The van der Waals surface area contributed by atoms with Gasteiger partial charge in [0.2, 0.25) is 0 Å². The lowest BCUT2D eigenvalue weighted by molar-refractivity contribution is -0.307. The van der Waals surface area contributed by atoms with Gasteiger partial charge in [0.25, 0.3) is 0 Å². The third-order valence-electron chi connectivity index (χ3n) is 1.89. The third-order valence-corrected chi connectivity index (χ3v) is 1.89. The van der Waals surface area contributed by atoms with Crippen molar-refractivity contribution in [3.8, 4) is 0 Å². The van der Waals surface area contributed by atoms with Gasteiger partial charge in [-0.05, 0) is 12.5 Å². The molecule has 4 nitrogen and oxygen atoms in total. The summed E-state index contributed by atoms with van der Waals surface area (Å²) < 4.78 is 4.66. The summed E-state index contributed by atoms with van der Waals surface area (Å²) in [7, 11) is 0. The number of carboxylic acid groups (broad SMARTS) is 1. The fourth-order valence-corrected chi connectivity index (χ4v) is 1.24. The van der Waals surface area contributed by atoms with Gasteiger partial charge in [0, 0.05) is 0 Å². The van der Waals surface area contributed by atoms with Gasteiger partial charge in [-0.25, -0.2) is 0 Å². The summed E-state index contributed by atoms with van der Waals surface area (Å²) in [6, 6.07) is 8.16. The highest BCUT2D eigenvalue weighted by atomic mass is 16.5. The number of carbonyl (C=O) groups is 2. The zero-order chi connectivity index (χ0) is 11.3. The Hall–Kier alpha value is -1.84. The Balaban J connectivity index is 2.94. The zero-order valence-electron chi connectivity index (χ0n) is 8.30. The van der Waals surface area contributed by atoms with Crippen LogP contribution in [0.1, 0.15) is 18.4 Å². The number of rotatable bonds is 4. The van der Waals surface area contributed by atoms with Crippen LogP contribution >= 0.6 is 0 Å². The highest BCUT2D eigenvalue weighted by Gasteiger charge is 2.22. The van der Waals surface area contributed by atoms with Crippen molar-refractivity contribution in [1.82, 2.24) is 0 Å². The molecule has 0 bridgehead atoms. The molecule has 0 saturated carbocycles. The molecule has 4 heteroatoms. The lowest BCUT2D eigenvalue weighted by Gasteiger charge is -2.16. The molecule has 0 saturated heterocycles. The molecule has 0 fully saturated rings. The van der Waals surface area contributed by atoms with Gasteiger partial charge in [-0.2, -0.15) is 0 Å². The molecule has 0 aliphatic heterocycles. The van der Waals surface area contributed by atoms with Crippen molar-refractivity contribution in [2.75, 3.05) is 6.61 Å². The highest BCUT2D eigenvalue weighted by Crippen LogP contribution is 2.16. The maximum Gasteiger partial charge on any atom is 0.319 e. The summed E-state index contributed by atoms with van der Waals surface area (Å²) in [6.45, 7) is 1.77. The molecule has 80 valence electrons. The Labute approximate surface area is 87.5 Å². The lowest BCUT2D eigenvalue weighted by atomic mass is 10.00. The second-order valence-corrected chi connectivity index (χ2v) is 2.91. The Morgan fingerprint density at radius 2 is 1.93 bits per heavy atom. The maximum atomic E-state index is 11.3. The largest absolute Gasteiger partial charge is 0.549 e. The van der Waals surface area contributed by atoms with Gasteiger partial charge < -0.3 is 14.6 Å². The molecule has 0 radical (unpaired) electrons. The van der Waals surface area contributed by atoms with Gasteiger partial charge in [-0.1, -0.05) is 30.3 Å². The summed E-state index contributed by atoms with van der Waals surface area (Å²) in [5.41, 5.74) is 0.371. The molecule has 15 heavy (non-hydrogen) atoms. The normalized spacial score (nSPS) is 11.8. The Kier molecular flexibility index (Phi) is 3.85. The quantitative estimate of drug-likeness (QED) is 0.518. The molecule has 1 aromatic carbocycles. The number of ether oxygens (including phenoxy) is 1. The topological polar surface area (TPSA) is 66.4 Å². The van der Waals surface area contributed by atoms with Crippen LogP contribution in [-0.2, 0) is 14.3 Å². The van der Waals surface area contributed by atoms with Gasteiger partial charge in [0.05, 0.1) is 12.6 Å². The Morgan fingerprint density at radius 1 is 1.33 bits per heavy atom. The van der Waals surface area contributed by atoms with Crippen LogP contribution in [0.25, 0.3) is 0 Å². The van der Waals surface area contributed by atoms with E-state index in [1.165, 1.54) is 0 Å². The molecule has 0 N–H and O–H groups in total. The van der Waals surface area contributed by atoms with Crippen LogP contribution in [0.3, 0.4) is 0 Å². The van der Waals surface area contributed by atoms with Crippen LogP contribution in [0, 0.1) is 0 Å². The lowest BCUT2D eigenvalue weighted by Crippen LogP contribution is -2.35. The predicted octanol–water partition coefficient (Wildman–Crippen LogP) is 0.0832. The van der Waals surface area contributed by atoms with Crippen molar-refractivity contribution in [2.24, 2.45) is 0 Å². The number of aliphatic carboxylic acids is 1. The number of hydrogen-bond donors (Lipinski definition) is 0. The fraction of sp³-hybridized carbons (Fsp3) is 0.273. The molecule has 1 atom stereocenters. The van der Waals surface area contributed by atoms with Gasteiger partial charge in [-0.15, -0.1) is 0 Å². The van der Waals surface area contributed by atoms with Crippen LogP contribution in [-0.4, -0.2) is 18.5 Å². The van der Waals surface area contributed by atoms with Crippen LogP contribution in [0.15, 0.2) is 30.3 Å². The first-order chi connectivity index (χ1) is 7.16. The Morgan fingerprint density at radius 3 is 2.40 bits per heavy atom. The molecule has 1 rings (SSSR count). The number of carboxylic acids is 1. The number of hydrogen-bond acceptors (Lipinski definition) is 4. The summed E-state index contributed by atoms with van der Waals surface area (Å²) in [4.78, 5) is 22.1. The first-order valence-electron chi connectivity index (χ1n) is 4.59. The van der Waals surface area contributed by atoms with E-state index >= 15 is 0 Å². The molecule has 0 aliphatic rings. The van der Waals surface area contributed by atoms with E-state index < -0.39 is 17.9 Å². The van der Waals surface area contributed by atoms with E-state index in [9.17, 15) is 14.7 Å². The minimum Gasteiger partial charge on any atom is -0.549 e. The SMILES string of the molecule is CCOC(=O)C(C(=O)[O-])c1ccccc1. The van der Waals surface area contributed by atoms with E-state index in [1.54, 1.807) is 37.3 Å². The van der Waals surface area contributed by atoms with Crippen LogP contribution in [0.5, 0.6) is 0 Å². The van der Waals surface area contributed by atoms with Crippen LogP contribution < -0.4 is 5.11 Å². The summed E-state index contributed by atoms with van der Waals surface area (Å²) >= 11 is 0. The van der Waals surface area contributed by atoms with E-state index in [4.69, 9.17) is 0 Å². The second-order valence-electron chi connectivity index (χ2n) is 2.91. The number of esters is 1. The summed E-state index contributed by atoms with van der Waals surface area (Å²) in [6.07, 6.45) is 0. The smallest absolute Gasteiger partial charge is 0.319 e. The minimum atomic E-state index is -1.44. The molecular formula is C11H11O4-. The van der Waals surface area contributed by atoms with Gasteiger partial charge >= 0.3 is 5.97 Å². The standard InChI is InChI=1S/C11H12O4/c1-2-15-11(14)9(10(12)13)8-6-4-3-5-7-8/h3-7,9H,2H2,1H3,(H,12,13)/p-1. The molecular weight excluding hydrogens is 196 g/mol. The van der Waals surface area contributed by atoms with E-state index in [2.05, 4.69) is 4.74 Å². The second kappa shape index (κ2) is 5.14. The van der Waals surface area contributed by atoms with Gasteiger partial charge in [-0.3, -0.25) is 4.79 Å². The maximum absolute atomic E-state index is 11.3.